The molecule has 0 saturated carbocycles. The first-order chi connectivity index (χ1) is 12.1. The summed E-state index contributed by atoms with van der Waals surface area (Å²) in [7, 11) is 0. The third-order valence-corrected chi connectivity index (χ3v) is 4.24. The number of Topliss-reactive ketones (excluding diaryl/α,β-unsaturated/α-hetero) is 1. The predicted octanol–water partition coefficient (Wildman–Crippen LogP) is 3.20. The first kappa shape index (κ1) is 17.2. The quantitative estimate of drug-likeness (QED) is 0.660. The van der Waals surface area contributed by atoms with Crippen molar-refractivity contribution < 1.29 is 14.3 Å². The molecule has 0 aromatic heterocycles. The van der Waals surface area contributed by atoms with Crippen LogP contribution in [-0.2, 0) is 9.53 Å². The molecule has 0 fully saturated rings. The lowest BCUT2D eigenvalue weighted by atomic mass is 9.85. The SMILES string of the molecule is CCOC(=O)[C@H]1NN=C(C(=O)c2ccccc2)[C@@H]1c1ccc(Cl)cc1. The van der Waals surface area contributed by atoms with E-state index in [9.17, 15) is 9.59 Å². The van der Waals surface area contributed by atoms with Crippen LogP contribution in [0.2, 0.25) is 5.02 Å². The highest BCUT2D eigenvalue weighted by Gasteiger charge is 2.41. The zero-order valence-electron chi connectivity index (χ0n) is 13.6. The number of carbonyl (C=O) groups excluding carboxylic acids is 2. The molecule has 6 heteroatoms. The van der Waals surface area contributed by atoms with Crippen LogP contribution in [0.25, 0.3) is 0 Å². The number of ether oxygens (including phenoxy) is 1. The molecular weight excluding hydrogens is 340 g/mol. The third-order valence-electron chi connectivity index (χ3n) is 3.99. The van der Waals surface area contributed by atoms with Crippen molar-refractivity contribution >= 4 is 29.1 Å². The number of halogens is 1. The lowest BCUT2D eigenvalue weighted by Crippen LogP contribution is -2.38. The van der Waals surface area contributed by atoms with Gasteiger partial charge in [0.05, 0.1) is 12.5 Å². The number of hydrogen-bond donors (Lipinski definition) is 1. The normalized spacial score (nSPS) is 19.0. The largest absolute Gasteiger partial charge is 0.464 e. The van der Waals surface area contributed by atoms with Gasteiger partial charge in [-0.3, -0.25) is 10.2 Å². The van der Waals surface area contributed by atoms with E-state index in [1.165, 1.54) is 0 Å². The van der Waals surface area contributed by atoms with Crippen molar-refractivity contribution in [3.8, 4) is 0 Å². The Morgan fingerprint density at radius 1 is 1.12 bits per heavy atom. The van der Waals surface area contributed by atoms with Crippen molar-refractivity contribution in [2.24, 2.45) is 5.10 Å². The standard InChI is InChI=1S/C19H17ClN2O3/c1-2-25-19(24)17-15(12-8-10-14(20)11-9-12)16(21-22-17)18(23)13-6-4-3-5-7-13/h3-11,15,17,22H,2H2,1H3/t15-,17-/m0/s1. The molecule has 0 amide bonds. The summed E-state index contributed by atoms with van der Waals surface area (Å²) < 4.78 is 5.12. The summed E-state index contributed by atoms with van der Waals surface area (Å²) in [5.41, 5.74) is 4.34. The third kappa shape index (κ3) is 3.56. The van der Waals surface area contributed by atoms with E-state index in [-0.39, 0.29) is 18.1 Å². The number of hydrogen-bond acceptors (Lipinski definition) is 5. The van der Waals surface area contributed by atoms with Gasteiger partial charge in [-0.1, -0.05) is 54.1 Å². The first-order valence-electron chi connectivity index (χ1n) is 7.96. The second-order valence-corrected chi connectivity index (χ2v) is 6.02. The Bertz CT molecular complexity index is 803. The zero-order valence-corrected chi connectivity index (χ0v) is 14.4. The highest BCUT2D eigenvalue weighted by molar-refractivity contribution is 6.48. The van der Waals surface area contributed by atoms with Crippen molar-refractivity contribution in [2.75, 3.05) is 6.61 Å². The number of hydrazone groups is 1. The Morgan fingerprint density at radius 2 is 1.80 bits per heavy atom. The second-order valence-electron chi connectivity index (χ2n) is 5.58. The smallest absolute Gasteiger partial charge is 0.331 e. The summed E-state index contributed by atoms with van der Waals surface area (Å²) in [4.78, 5) is 25.2. The molecule has 2 atom stereocenters. The molecule has 1 aliphatic rings. The Labute approximate surface area is 150 Å². The number of ketones is 1. The summed E-state index contributed by atoms with van der Waals surface area (Å²) in [6.45, 7) is 1.99. The van der Waals surface area contributed by atoms with Gasteiger partial charge in [0.1, 0.15) is 5.71 Å². The van der Waals surface area contributed by atoms with Crippen LogP contribution in [0.3, 0.4) is 0 Å². The summed E-state index contributed by atoms with van der Waals surface area (Å²) in [6, 6.07) is 15.1. The fourth-order valence-corrected chi connectivity index (χ4v) is 2.94. The summed E-state index contributed by atoms with van der Waals surface area (Å²) >= 11 is 5.96. The summed E-state index contributed by atoms with van der Waals surface area (Å²) in [5.74, 6) is -1.20. The highest BCUT2D eigenvalue weighted by atomic mass is 35.5. The van der Waals surface area contributed by atoms with Crippen LogP contribution < -0.4 is 5.43 Å². The second kappa shape index (κ2) is 7.49. The molecule has 3 rings (SSSR count). The molecule has 1 N–H and O–H groups in total. The maximum absolute atomic E-state index is 12.9. The number of rotatable bonds is 5. The molecule has 1 aliphatic heterocycles. The van der Waals surface area contributed by atoms with Crippen molar-refractivity contribution in [3.05, 3.63) is 70.7 Å². The van der Waals surface area contributed by atoms with E-state index < -0.39 is 17.9 Å². The van der Waals surface area contributed by atoms with E-state index in [1.807, 2.05) is 6.07 Å². The molecule has 128 valence electrons. The van der Waals surface area contributed by atoms with Gasteiger partial charge in [-0.25, -0.2) is 4.79 Å². The molecule has 2 aromatic rings. The van der Waals surface area contributed by atoms with Gasteiger partial charge in [-0.15, -0.1) is 0 Å². The molecule has 0 unspecified atom stereocenters. The van der Waals surface area contributed by atoms with Gasteiger partial charge in [0.25, 0.3) is 0 Å². The van der Waals surface area contributed by atoms with E-state index in [0.29, 0.717) is 10.6 Å². The summed E-state index contributed by atoms with van der Waals surface area (Å²) in [6.07, 6.45) is 0. The van der Waals surface area contributed by atoms with Gasteiger partial charge in [-0.05, 0) is 24.6 Å². The van der Waals surface area contributed by atoms with Crippen molar-refractivity contribution in [1.29, 1.82) is 0 Å². The fraction of sp³-hybridized carbons (Fsp3) is 0.211. The average molecular weight is 357 g/mol. The van der Waals surface area contributed by atoms with E-state index in [0.717, 1.165) is 5.56 Å². The van der Waals surface area contributed by atoms with Gasteiger partial charge >= 0.3 is 5.97 Å². The number of nitrogens with one attached hydrogen (secondary N) is 1. The van der Waals surface area contributed by atoms with Gasteiger partial charge in [0.15, 0.2) is 6.04 Å². The van der Waals surface area contributed by atoms with E-state index in [2.05, 4.69) is 10.5 Å². The lowest BCUT2D eigenvalue weighted by molar-refractivity contribution is -0.145. The Balaban J connectivity index is 1.97. The molecule has 2 aromatic carbocycles. The maximum atomic E-state index is 12.9. The fourth-order valence-electron chi connectivity index (χ4n) is 2.81. The van der Waals surface area contributed by atoms with Gasteiger partial charge in [-0.2, -0.15) is 5.10 Å². The van der Waals surface area contributed by atoms with Crippen LogP contribution in [0.5, 0.6) is 0 Å². The lowest BCUT2D eigenvalue weighted by Gasteiger charge is -2.19. The number of benzene rings is 2. The Hall–Kier alpha value is -2.66. The van der Waals surface area contributed by atoms with Crippen LogP contribution in [0, 0.1) is 0 Å². The van der Waals surface area contributed by atoms with E-state index in [1.54, 1.807) is 55.5 Å². The van der Waals surface area contributed by atoms with Crippen LogP contribution in [0.15, 0.2) is 59.7 Å². The minimum absolute atomic E-state index is 0.222. The molecule has 1 heterocycles. The highest BCUT2D eigenvalue weighted by Crippen LogP contribution is 2.29. The van der Waals surface area contributed by atoms with Gasteiger partial charge < -0.3 is 4.74 Å². The number of nitrogens with zero attached hydrogens (tertiary/aromatic N) is 1. The van der Waals surface area contributed by atoms with Crippen molar-refractivity contribution in [3.63, 3.8) is 0 Å². The minimum Gasteiger partial charge on any atom is -0.464 e. The van der Waals surface area contributed by atoms with Crippen LogP contribution in [0.1, 0.15) is 28.8 Å². The Kier molecular flexibility index (Phi) is 5.14. The first-order valence-corrected chi connectivity index (χ1v) is 8.34. The molecule has 0 saturated heterocycles. The predicted molar refractivity (Wildman–Crippen MR) is 96.0 cm³/mol. The Morgan fingerprint density at radius 3 is 2.44 bits per heavy atom. The molecular formula is C19H17ClN2O3. The molecule has 0 radical (unpaired) electrons. The molecule has 5 nitrogen and oxygen atoms in total. The molecule has 0 spiro atoms. The van der Waals surface area contributed by atoms with Gasteiger partial charge in [0.2, 0.25) is 5.78 Å². The van der Waals surface area contributed by atoms with Crippen LogP contribution in [0.4, 0.5) is 0 Å². The minimum atomic E-state index is -0.746. The number of esters is 1. The number of carbonyl (C=O) groups is 2. The van der Waals surface area contributed by atoms with E-state index >= 15 is 0 Å². The maximum Gasteiger partial charge on any atom is 0.331 e. The topological polar surface area (TPSA) is 67.8 Å². The van der Waals surface area contributed by atoms with Gasteiger partial charge in [0, 0.05) is 10.6 Å². The summed E-state index contributed by atoms with van der Waals surface area (Å²) in [5, 5.41) is 4.74. The molecule has 0 aliphatic carbocycles. The molecule has 0 bridgehead atoms. The molecule has 25 heavy (non-hydrogen) atoms. The van der Waals surface area contributed by atoms with E-state index in [4.69, 9.17) is 16.3 Å². The van der Waals surface area contributed by atoms with Crippen molar-refractivity contribution in [2.45, 2.75) is 18.9 Å². The monoisotopic (exact) mass is 356 g/mol. The average Bonchev–Trinajstić information content (AvgIpc) is 3.08. The zero-order chi connectivity index (χ0) is 17.8. The van der Waals surface area contributed by atoms with Crippen LogP contribution in [-0.4, -0.2) is 30.1 Å². The van der Waals surface area contributed by atoms with Crippen LogP contribution >= 0.6 is 11.6 Å². The van der Waals surface area contributed by atoms with Crippen molar-refractivity contribution in [1.82, 2.24) is 5.43 Å².